The normalized spacial score (nSPS) is 15.6. The Morgan fingerprint density at radius 1 is 1.42 bits per heavy atom. The number of nitrogens with zero attached hydrogens (tertiary/aromatic N) is 1. The lowest BCUT2D eigenvalue weighted by Crippen LogP contribution is -2.51. The third-order valence-electron chi connectivity index (χ3n) is 3.22. The number of carboxylic acids is 1. The monoisotopic (exact) mass is 380 g/mol. The summed E-state index contributed by atoms with van der Waals surface area (Å²) in [6, 6.07) is 1.99. The van der Waals surface area contributed by atoms with Crippen molar-refractivity contribution in [3.63, 3.8) is 0 Å². The molecule has 0 radical (unpaired) electrons. The summed E-state index contributed by atoms with van der Waals surface area (Å²) in [6.07, 6.45) is -0.558. The van der Waals surface area contributed by atoms with Gasteiger partial charge in [-0.1, -0.05) is 17.7 Å². The van der Waals surface area contributed by atoms with Crippen LogP contribution in [0.25, 0.3) is 0 Å². The van der Waals surface area contributed by atoms with E-state index in [4.69, 9.17) is 16.7 Å². The van der Waals surface area contributed by atoms with Gasteiger partial charge in [-0.2, -0.15) is 4.39 Å². The Morgan fingerprint density at radius 3 is 2.38 bits per heavy atom. The molecule has 1 aromatic carbocycles. The number of nitrogens with one attached hydrogen (secondary N) is 1. The maximum atomic E-state index is 13.7. The van der Waals surface area contributed by atoms with Gasteiger partial charge in [0.2, 0.25) is 5.82 Å². The van der Waals surface area contributed by atoms with E-state index in [0.29, 0.717) is 0 Å². The van der Waals surface area contributed by atoms with Gasteiger partial charge >= 0.3 is 11.7 Å². The van der Waals surface area contributed by atoms with Crippen LogP contribution in [0, 0.1) is 15.9 Å². The Hall–Kier alpha value is -1.42. The summed E-state index contributed by atoms with van der Waals surface area (Å²) >= 11 is 4.27. The van der Waals surface area contributed by atoms with Gasteiger partial charge in [-0.25, -0.2) is 0 Å². The molecule has 1 aromatic rings. The molecule has 1 unspecified atom stereocenters. The molecule has 0 fully saturated rings. The van der Waals surface area contributed by atoms with Crippen molar-refractivity contribution in [1.82, 2.24) is 4.72 Å². The first kappa shape index (κ1) is 20.6. The lowest BCUT2D eigenvalue weighted by Gasteiger charge is -2.34. The highest BCUT2D eigenvalue weighted by Crippen LogP contribution is 2.39. The highest BCUT2D eigenvalue weighted by Gasteiger charge is 2.42. The van der Waals surface area contributed by atoms with E-state index in [0.717, 1.165) is 12.1 Å². The zero-order valence-electron chi connectivity index (χ0n) is 13.6. The van der Waals surface area contributed by atoms with Crippen molar-refractivity contribution in [1.29, 1.82) is 0 Å². The summed E-state index contributed by atoms with van der Waals surface area (Å²) in [5.41, 5.74) is -2.47. The number of rotatable bonds is 6. The molecule has 134 valence electrons. The molecule has 0 aliphatic heterocycles. The first-order chi connectivity index (χ1) is 10.8. The number of aliphatic carboxylic acids is 1. The van der Waals surface area contributed by atoms with Gasteiger partial charge in [0.1, 0.15) is 9.77 Å². The Bertz CT molecular complexity index is 667. The van der Waals surface area contributed by atoms with E-state index in [1.807, 2.05) is 0 Å². The summed E-state index contributed by atoms with van der Waals surface area (Å²) in [4.78, 5) is 21.3. The van der Waals surface area contributed by atoms with Gasteiger partial charge in [-0.15, -0.1) is 4.72 Å². The molecule has 0 amide bonds. The largest absolute Gasteiger partial charge is 0.598 e. The predicted molar refractivity (Wildman–Crippen MR) is 88.7 cm³/mol. The fourth-order valence-electron chi connectivity index (χ4n) is 1.98. The second kappa shape index (κ2) is 7.22. The van der Waals surface area contributed by atoms with Crippen LogP contribution in [-0.4, -0.2) is 25.3 Å². The average Bonchev–Trinajstić information content (AvgIpc) is 2.35. The molecule has 7 nitrogen and oxygen atoms in total. The summed E-state index contributed by atoms with van der Waals surface area (Å²) in [7, 11) is 0. The SMILES string of the molecule is CC(CC(=O)O)(N[S@+]([O-])C(C)(C)C)c1ccc(F)c([N+](=O)[O-])c1Cl. The molecule has 2 atom stereocenters. The summed E-state index contributed by atoms with van der Waals surface area (Å²) in [5, 5.41) is 19.6. The Labute approximate surface area is 146 Å². The van der Waals surface area contributed by atoms with Gasteiger partial charge in [0.25, 0.3) is 0 Å². The molecule has 2 N–H and O–H groups in total. The minimum absolute atomic E-state index is 0.0164. The van der Waals surface area contributed by atoms with Crippen LogP contribution < -0.4 is 4.72 Å². The maximum Gasteiger partial charge on any atom is 0.323 e. The second-order valence-corrected chi connectivity index (χ2v) is 8.74. The van der Waals surface area contributed by atoms with E-state index in [1.165, 1.54) is 6.92 Å². The second-order valence-electron chi connectivity index (χ2n) is 6.40. The molecule has 1 rings (SSSR count). The number of hydrogen-bond donors (Lipinski definition) is 2. The van der Waals surface area contributed by atoms with Gasteiger partial charge in [0.05, 0.1) is 16.9 Å². The van der Waals surface area contributed by atoms with Crippen molar-refractivity contribution in [3.05, 3.63) is 38.7 Å². The number of nitro groups is 1. The Morgan fingerprint density at radius 2 is 1.96 bits per heavy atom. The van der Waals surface area contributed by atoms with Crippen LogP contribution in [-0.2, 0) is 21.7 Å². The fourth-order valence-corrected chi connectivity index (χ4v) is 3.31. The van der Waals surface area contributed by atoms with Gasteiger partial charge in [-0.05, 0) is 33.8 Å². The van der Waals surface area contributed by atoms with Gasteiger partial charge < -0.3 is 9.66 Å². The minimum atomic E-state index is -1.69. The molecule has 0 saturated heterocycles. The average molecular weight is 381 g/mol. The third-order valence-corrected chi connectivity index (χ3v) is 5.35. The van der Waals surface area contributed by atoms with Crippen LogP contribution in [0.4, 0.5) is 10.1 Å². The van der Waals surface area contributed by atoms with Crippen LogP contribution in [0.3, 0.4) is 0 Å². The molecule has 0 saturated carbocycles. The molecular weight excluding hydrogens is 363 g/mol. The first-order valence-corrected chi connectivity index (χ1v) is 8.36. The Kier molecular flexibility index (Phi) is 6.20. The van der Waals surface area contributed by atoms with E-state index in [1.54, 1.807) is 20.8 Å². The molecule has 0 aliphatic rings. The molecule has 0 aliphatic carbocycles. The zero-order chi connectivity index (χ0) is 18.9. The maximum absolute atomic E-state index is 13.7. The topological polar surface area (TPSA) is 116 Å². The number of nitro benzene ring substituents is 1. The number of carboxylic acid groups (broad SMARTS) is 1. The van der Waals surface area contributed by atoms with Crippen molar-refractivity contribution in [3.8, 4) is 0 Å². The fraction of sp³-hybridized carbons (Fsp3) is 0.500. The molecule has 0 heterocycles. The van der Waals surface area contributed by atoms with Gasteiger partial charge in [0, 0.05) is 16.9 Å². The van der Waals surface area contributed by atoms with Crippen LogP contribution in [0.15, 0.2) is 12.1 Å². The van der Waals surface area contributed by atoms with Crippen LogP contribution in [0.5, 0.6) is 0 Å². The number of hydrogen-bond acceptors (Lipinski definition) is 5. The minimum Gasteiger partial charge on any atom is -0.598 e. The van der Waals surface area contributed by atoms with Crippen LogP contribution in [0.2, 0.25) is 5.02 Å². The summed E-state index contributed by atoms with van der Waals surface area (Å²) < 4.78 is 28.0. The molecule has 10 heteroatoms. The van der Waals surface area contributed by atoms with E-state index in [2.05, 4.69) is 4.72 Å². The van der Waals surface area contributed by atoms with Crippen molar-refractivity contribution < 1.29 is 23.8 Å². The highest BCUT2D eigenvalue weighted by atomic mass is 35.5. The number of benzene rings is 1. The summed E-state index contributed by atoms with van der Waals surface area (Å²) in [5.74, 6) is -2.37. The van der Waals surface area contributed by atoms with Crippen molar-refractivity contribution >= 4 is 34.6 Å². The van der Waals surface area contributed by atoms with Gasteiger partial charge in [-0.3, -0.25) is 14.9 Å². The van der Waals surface area contributed by atoms with Crippen molar-refractivity contribution in [2.24, 2.45) is 0 Å². The molecule has 0 aromatic heterocycles. The Balaban J connectivity index is 3.49. The lowest BCUT2D eigenvalue weighted by atomic mass is 9.89. The molecule has 0 spiro atoms. The van der Waals surface area contributed by atoms with E-state index in [-0.39, 0.29) is 5.56 Å². The quantitative estimate of drug-likeness (QED) is 0.445. The smallest absolute Gasteiger partial charge is 0.323 e. The van der Waals surface area contributed by atoms with E-state index >= 15 is 0 Å². The van der Waals surface area contributed by atoms with Gasteiger partial charge in [0.15, 0.2) is 0 Å². The number of halogens is 2. The lowest BCUT2D eigenvalue weighted by molar-refractivity contribution is -0.387. The third kappa shape index (κ3) is 4.56. The summed E-state index contributed by atoms with van der Waals surface area (Å²) in [6.45, 7) is 6.41. The molecule has 24 heavy (non-hydrogen) atoms. The van der Waals surface area contributed by atoms with Crippen LogP contribution in [0.1, 0.15) is 39.7 Å². The zero-order valence-corrected chi connectivity index (χ0v) is 15.1. The first-order valence-electron chi connectivity index (χ1n) is 6.84. The molecule has 0 bridgehead atoms. The number of carbonyl (C=O) groups is 1. The van der Waals surface area contributed by atoms with E-state index in [9.17, 15) is 23.9 Å². The van der Waals surface area contributed by atoms with Crippen molar-refractivity contribution in [2.75, 3.05) is 0 Å². The standard InChI is InChI=1S/C14H18ClFN2O5S/c1-13(2,3)24(23)17-14(4,7-10(19)20)8-5-6-9(16)12(11(8)15)18(21)22/h5-6,17H,7H2,1-4H3,(H,19,20)/t14?,24-/m1/s1. The highest BCUT2D eigenvalue weighted by molar-refractivity contribution is 7.90. The van der Waals surface area contributed by atoms with E-state index < -0.39 is 55.5 Å². The van der Waals surface area contributed by atoms with Crippen LogP contribution >= 0.6 is 11.6 Å². The molecular formula is C14H18ClFN2O5S. The van der Waals surface area contributed by atoms with Crippen molar-refractivity contribution in [2.45, 2.75) is 44.4 Å². The predicted octanol–water partition coefficient (Wildman–Crippen LogP) is 3.13.